The Morgan fingerprint density at radius 3 is 2.46 bits per heavy atom. The predicted molar refractivity (Wildman–Crippen MR) is 101 cm³/mol. The van der Waals surface area contributed by atoms with E-state index < -0.39 is 0 Å². The van der Waals surface area contributed by atoms with Gasteiger partial charge in [0.05, 0.1) is 16.4 Å². The molecule has 0 spiro atoms. The van der Waals surface area contributed by atoms with E-state index in [-0.39, 0.29) is 0 Å². The van der Waals surface area contributed by atoms with Crippen molar-refractivity contribution in [1.82, 2.24) is 30.1 Å². The SMILES string of the molecule is Cc1ccc(-n2nnnc2N2CCN(Cc3ccc(Cl)cn3)CC2)cc1. The van der Waals surface area contributed by atoms with E-state index in [1.807, 2.05) is 24.3 Å². The molecule has 8 heteroatoms. The number of rotatable bonds is 4. The summed E-state index contributed by atoms with van der Waals surface area (Å²) in [6.45, 7) is 6.52. The van der Waals surface area contributed by atoms with E-state index in [9.17, 15) is 0 Å². The van der Waals surface area contributed by atoms with Crippen molar-refractivity contribution in [2.45, 2.75) is 13.5 Å². The number of hydrogen-bond donors (Lipinski definition) is 0. The van der Waals surface area contributed by atoms with Crippen molar-refractivity contribution in [2.75, 3.05) is 31.1 Å². The maximum atomic E-state index is 5.90. The molecule has 0 atom stereocenters. The number of piperazine rings is 1. The Labute approximate surface area is 157 Å². The van der Waals surface area contributed by atoms with Crippen molar-refractivity contribution < 1.29 is 0 Å². The molecule has 3 aromatic rings. The predicted octanol–water partition coefficient (Wildman–Crippen LogP) is 2.34. The largest absolute Gasteiger partial charge is 0.337 e. The van der Waals surface area contributed by atoms with Crippen LogP contribution in [0.4, 0.5) is 5.95 Å². The average molecular weight is 370 g/mol. The van der Waals surface area contributed by atoms with Gasteiger partial charge in [0.25, 0.3) is 0 Å². The molecule has 0 radical (unpaired) electrons. The molecule has 0 unspecified atom stereocenters. The van der Waals surface area contributed by atoms with Crippen LogP contribution in [0.2, 0.25) is 5.02 Å². The highest BCUT2D eigenvalue weighted by atomic mass is 35.5. The third kappa shape index (κ3) is 3.68. The Hall–Kier alpha value is -2.51. The minimum Gasteiger partial charge on any atom is -0.337 e. The lowest BCUT2D eigenvalue weighted by Gasteiger charge is -2.34. The van der Waals surface area contributed by atoms with Crippen LogP contribution in [0.3, 0.4) is 0 Å². The van der Waals surface area contributed by atoms with Crippen molar-refractivity contribution in [1.29, 1.82) is 0 Å². The summed E-state index contributed by atoms with van der Waals surface area (Å²) in [5.74, 6) is 0.790. The second-order valence-electron chi connectivity index (χ2n) is 6.46. The molecule has 134 valence electrons. The molecule has 0 saturated carbocycles. The topological polar surface area (TPSA) is 63.0 Å². The maximum Gasteiger partial charge on any atom is 0.250 e. The van der Waals surface area contributed by atoms with E-state index in [1.165, 1.54) is 5.56 Å². The van der Waals surface area contributed by atoms with Gasteiger partial charge in [0.15, 0.2) is 0 Å². The lowest BCUT2D eigenvalue weighted by Crippen LogP contribution is -2.47. The van der Waals surface area contributed by atoms with Gasteiger partial charge in [-0.25, -0.2) is 0 Å². The molecule has 1 aromatic carbocycles. The Balaban J connectivity index is 1.41. The molecule has 0 amide bonds. The molecule has 0 bridgehead atoms. The number of anilines is 1. The summed E-state index contributed by atoms with van der Waals surface area (Å²) in [4.78, 5) is 8.99. The highest BCUT2D eigenvalue weighted by Crippen LogP contribution is 2.18. The van der Waals surface area contributed by atoms with E-state index in [0.29, 0.717) is 5.02 Å². The number of aryl methyl sites for hydroxylation is 1. The zero-order valence-corrected chi connectivity index (χ0v) is 15.3. The van der Waals surface area contributed by atoms with E-state index in [0.717, 1.165) is 50.1 Å². The van der Waals surface area contributed by atoms with Crippen molar-refractivity contribution >= 4 is 17.5 Å². The second kappa shape index (κ2) is 7.39. The minimum atomic E-state index is 0.668. The maximum absolute atomic E-state index is 5.90. The molecule has 1 fully saturated rings. The van der Waals surface area contributed by atoms with Gasteiger partial charge in [-0.1, -0.05) is 34.4 Å². The van der Waals surface area contributed by atoms with Crippen molar-refractivity contribution in [2.24, 2.45) is 0 Å². The smallest absolute Gasteiger partial charge is 0.250 e. The van der Waals surface area contributed by atoms with E-state index in [4.69, 9.17) is 11.6 Å². The zero-order chi connectivity index (χ0) is 17.9. The summed E-state index contributed by atoms with van der Waals surface area (Å²) in [5, 5.41) is 12.9. The van der Waals surface area contributed by atoms with Crippen LogP contribution >= 0.6 is 11.6 Å². The molecule has 7 nitrogen and oxygen atoms in total. The molecular weight excluding hydrogens is 350 g/mol. The molecule has 3 heterocycles. The van der Waals surface area contributed by atoms with Crippen molar-refractivity contribution in [3.05, 3.63) is 58.9 Å². The van der Waals surface area contributed by atoms with Crippen LogP contribution < -0.4 is 4.90 Å². The van der Waals surface area contributed by atoms with Crippen LogP contribution in [0.5, 0.6) is 0 Å². The molecular formula is C18H20ClN7. The summed E-state index contributed by atoms with van der Waals surface area (Å²) in [7, 11) is 0. The summed E-state index contributed by atoms with van der Waals surface area (Å²) in [6.07, 6.45) is 1.70. The molecule has 1 aliphatic heterocycles. The Morgan fingerprint density at radius 1 is 1.00 bits per heavy atom. The summed E-state index contributed by atoms with van der Waals surface area (Å²) in [5.41, 5.74) is 3.23. The first-order valence-electron chi connectivity index (χ1n) is 8.62. The summed E-state index contributed by atoms with van der Waals surface area (Å²) >= 11 is 5.90. The Kier molecular flexibility index (Phi) is 4.81. The number of benzene rings is 1. The third-order valence-electron chi connectivity index (χ3n) is 4.56. The molecule has 4 rings (SSSR count). The molecule has 0 N–H and O–H groups in total. The minimum absolute atomic E-state index is 0.668. The van der Waals surface area contributed by atoms with Gasteiger partial charge in [-0.3, -0.25) is 9.88 Å². The van der Waals surface area contributed by atoms with Crippen LogP contribution in [-0.4, -0.2) is 56.3 Å². The second-order valence-corrected chi connectivity index (χ2v) is 6.89. The van der Waals surface area contributed by atoms with Crippen molar-refractivity contribution in [3.8, 4) is 5.69 Å². The van der Waals surface area contributed by atoms with Gasteiger partial charge >= 0.3 is 0 Å². The van der Waals surface area contributed by atoms with Gasteiger partial charge in [0.2, 0.25) is 5.95 Å². The normalized spacial score (nSPS) is 15.4. The third-order valence-corrected chi connectivity index (χ3v) is 4.78. The number of pyridine rings is 1. The van der Waals surface area contributed by atoms with Crippen molar-refractivity contribution in [3.63, 3.8) is 0 Å². The van der Waals surface area contributed by atoms with Gasteiger partial charge < -0.3 is 4.90 Å². The fraction of sp³-hybridized carbons (Fsp3) is 0.333. The van der Waals surface area contributed by atoms with Crippen LogP contribution in [-0.2, 0) is 6.54 Å². The first-order valence-corrected chi connectivity index (χ1v) is 9.00. The fourth-order valence-electron chi connectivity index (χ4n) is 3.07. The van der Waals surface area contributed by atoms with Gasteiger partial charge in [-0.2, -0.15) is 4.68 Å². The van der Waals surface area contributed by atoms with Crippen LogP contribution in [0.1, 0.15) is 11.3 Å². The van der Waals surface area contributed by atoms with Gasteiger partial charge in [-0.05, 0) is 41.6 Å². The fourth-order valence-corrected chi connectivity index (χ4v) is 3.18. The first kappa shape index (κ1) is 16.9. The molecule has 2 aromatic heterocycles. The number of aromatic nitrogens is 5. The number of tetrazole rings is 1. The molecule has 26 heavy (non-hydrogen) atoms. The molecule has 1 aliphatic rings. The van der Waals surface area contributed by atoms with E-state index in [1.54, 1.807) is 10.9 Å². The summed E-state index contributed by atoms with van der Waals surface area (Å²) < 4.78 is 1.80. The monoisotopic (exact) mass is 369 g/mol. The van der Waals surface area contributed by atoms with Gasteiger partial charge in [0.1, 0.15) is 0 Å². The highest BCUT2D eigenvalue weighted by molar-refractivity contribution is 6.30. The van der Waals surface area contributed by atoms with E-state index in [2.05, 4.69) is 49.4 Å². The lowest BCUT2D eigenvalue weighted by atomic mass is 10.2. The lowest BCUT2D eigenvalue weighted by molar-refractivity contribution is 0.245. The van der Waals surface area contributed by atoms with Crippen LogP contribution in [0.15, 0.2) is 42.6 Å². The Morgan fingerprint density at radius 2 is 1.77 bits per heavy atom. The number of nitrogens with zero attached hydrogens (tertiary/aromatic N) is 7. The zero-order valence-electron chi connectivity index (χ0n) is 14.6. The van der Waals surface area contributed by atoms with Gasteiger partial charge in [0, 0.05) is 38.9 Å². The summed E-state index contributed by atoms with van der Waals surface area (Å²) in [6, 6.07) is 12.1. The van der Waals surface area contributed by atoms with Crippen LogP contribution in [0, 0.1) is 6.92 Å². The van der Waals surface area contributed by atoms with Crippen LogP contribution in [0.25, 0.3) is 5.69 Å². The standard InChI is InChI=1S/C18H20ClN7/c1-14-2-6-17(7-3-14)26-18(21-22-23-26)25-10-8-24(9-11-25)13-16-5-4-15(19)12-20-16/h2-7,12H,8-11,13H2,1H3. The highest BCUT2D eigenvalue weighted by Gasteiger charge is 2.22. The van der Waals surface area contributed by atoms with E-state index >= 15 is 0 Å². The quantitative estimate of drug-likeness (QED) is 0.703. The Bertz CT molecular complexity index is 852. The number of halogens is 1. The number of hydrogen-bond acceptors (Lipinski definition) is 6. The van der Waals surface area contributed by atoms with Gasteiger partial charge in [-0.15, -0.1) is 0 Å². The first-order chi connectivity index (χ1) is 12.7. The molecule has 1 saturated heterocycles. The molecule has 0 aliphatic carbocycles. The average Bonchev–Trinajstić information content (AvgIpc) is 3.15.